The first-order chi connectivity index (χ1) is 23.2. The van der Waals surface area contributed by atoms with Gasteiger partial charge in [0.2, 0.25) is 5.51 Å². The number of nitrogens with zero attached hydrogens (tertiary/aromatic N) is 1. The number of benzene rings is 1. The van der Waals surface area contributed by atoms with Crippen LogP contribution in [0.2, 0.25) is 0 Å². The summed E-state index contributed by atoms with van der Waals surface area (Å²) in [6, 6.07) is 5.78. The maximum Gasteiger partial charge on any atom is 0.305 e. The molecule has 0 unspecified atom stereocenters. The van der Waals surface area contributed by atoms with Gasteiger partial charge < -0.3 is 18.8 Å². The van der Waals surface area contributed by atoms with E-state index in [2.05, 4.69) is 29.3 Å². The number of hydrogen-bond donors (Lipinski definition) is 0. The number of rotatable bonds is 25. The lowest BCUT2D eigenvalue weighted by Gasteiger charge is -2.12. The molecule has 0 amide bonds. The van der Waals surface area contributed by atoms with Gasteiger partial charge in [0.1, 0.15) is 29.4 Å². The molecule has 3 rings (SSSR count). The average Bonchev–Trinajstić information content (AvgIpc) is 3.70. The van der Waals surface area contributed by atoms with E-state index in [1.807, 2.05) is 6.92 Å². The maximum absolute atomic E-state index is 12.0. The largest absolute Gasteiger partial charge is 0.744 e. The van der Waals surface area contributed by atoms with Gasteiger partial charge in [0, 0.05) is 19.8 Å². The minimum atomic E-state index is -4.27. The van der Waals surface area contributed by atoms with Gasteiger partial charge in [-0.1, -0.05) is 126 Å². The summed E-state index contributed by atoms with van der Waals surface area (Å²) in [4.78, 5) is 11.9. The van der Waals surface area contributed by atoms with Crippen LogP contribution in [-0.4, -0.2) is 44.5 Å². The van der Waals surface area contributed by atoms with E-state index in [0.717, 1.165) is 44.2 Å². The van der Waals surface area contributed by atoms with E-state index >= 15 is 0 Å². The van der Waals surface area contributed by atoms with E-state index in [0.29, 0.717) is 19.6 Å². The molecule has 1 fully saturated rings. The molecule has 1 aliphatic rings. The fourth-order valence-electron chi connectivity index (χ4n) is 5.70. The average molecular weight is 710 g/mol. The lowest BCUT2D eigenvalue weighted by atomic mass is 10.0. The van der Waals surface area contributed by atoms with Crippen LogP contribution in [0.15, 0.2) is 40.1 Å². The number of carbonyl (C=O) groups is 1. The second-order valence-electron chi connectivity index (χ2n) is 13.2. The molecule has 0 bridgehead atoms. The molecule has 10 heteroatoms. The third-order valence-electron chi connectivity index (χ3n) is 8.76. The summed E-state index contributed by atoms with van der Waals surface area (Å²) in [5.74, 6) is -0.117. The highest BCUT2D eigenvalue weighted by atomic mass is 32.2. The van der Waals surface area contributed by atoms with Gasteiger partial charge in [0.05, 0.1) is 16.9 Å². The summed E-state index contributed by atoms with van der Waals surface area (Å²) in [5, 5.41) is 2.16. The monoisotopic (exact) mass is 709 g/mol. The normalized spacial score (nSPS) is 16.1. The Bertz CT molecular complexity index is 1200. The third-order valence-corrected chi connectivity index (χ3v) is 10.5. The number of aryl methyl sites for hydroxylation is 3. The van der Waals surface area contributed by atoms with Crippen molar-refractivity contribution in [1.82, 2.24) is 0 Å². The van der Waals surface area contributed by atoms with Gasteiger partial charge in [-0.05, 0) is 44.7 Å². The van der Waals surface area contributed by atoms with Gasteiger partial charge in [-0.15, -0.1) is 0 Å². The Morgan fingerprint density at radius 2 is 1.42 bits per heavy atom. The molecule has 0 saturated carbocycles. The summed E-state index contributed by atoms with van der Waals surface area (Å²) >= 11 is 1.73. The minimum Gasteiger partial charge on any atom is -0.744 e. The van der Waals surface area contributed by atoms with Crippen molar-refractivity contribution in [2.24, 2.45) is 0 Å². The van der Waals surface area contributed by atoms with Crippen LogP contribution in [0, 0.1) is 13.8 Å². The number of ether oxygens (including phenoxy) is 3. The first-order valence-corrected chi connectivity index (χ1v) is 20.9. The molecular formula is C38H63NO7S2. The molecule has 0 N–H and O–H groups in total. The predicted molar refractivity (Wildman–Crippen MR) is 192 cm³/mol. The van der Waals surface area contributed by atoms with Gasteiger partial charge in [0.25, 0.3) is 0 Å². The molecule has 48 heavy (non-hydrogen) atoms. The van der Waals surface area contributed by atoms with Crippen molar-refractivity contribution < 1.29 is 36.5 Å². The van der Waals surface area contributed by atoms with Gasteiger partial charge in [-0.2, -0.15) is 4.57 Å². The number of esters is 1. The first kappa shape index (κ1) is 42.3. The van der Waals surface area contributed by atoms with Crippen LogP contribution in [-0.2, 0) is 35.7 Å². The molecule has 2 atom stereocenters. The summed E-state index contributed by atoms with van der Waals surface area (Å²) in [6.07, 6.45) is 24.9. The second-order valence-corrected chi connectivity index (χ2v) is 15.3. The molecule has 0 radical (unpaired) electrons. The lowest BCUT2D eigenvalue weighted by Crippen LogP contribution is -2.33. The number of carbonyl (C=O) groups excluding carboxylic acids is 1. The van der Waals surface area contributed by atoms with Crippen LogP contribution in [0.3, 0.4) is 0 Å². The van der Waals surface area contributed by atoms with E-state index in [-0.39, 0.29) is 23.3 Å². The topological polar surface area (TPSA) is 106 Å². The quantitative estimate of drug-likeness (QED) is 0.0438. The highest BCUT2D eigenvalue weighted by Gasteiger charge is 2.26. The molecule has 1 saturated heterocycles. The number of thiazole rings is 1. The Kier molecular flexibility index (Phi) is 22.9. The summed E-state index contributed by atoms with van der Waals surface area (Å²) < 4.78 is 50.6. The van der Waals surface area contributed by atoms with Crippen LogP contribution < -0.4 is 4.57 Å². The summed E-state index contributed by atoms with van der Waals surface area (Å²) in [7, 11) is -4.27. The Balaban J connectivity index is 0.000000613. The standard InChI is InChI=1S/C31H56NO4S.C7H8O3S/c1-3-4-5-6-7-8-9-10-11-12-13-14-15-16-19-22-31-35-25-29(36-31)24-34-30(33)21-18-17-20-23-32-27-37-26-28(32)2;1-6-2-4-7(5-3-6)11(8,9)10/h26-27,29,31H,3-25H2,1-2H3;2-5H,1H3,(H,8,9,10)/q+1;/p-1/t29-,31-;/m1./s1. The van der Waals surface area contributed by atoms with Crippen molar-refractivity contribution in [2.45, 2.75) is 173 Å². The van der Waals surface area contributed by atoms with Crippen molar-refractivity contribution in [3.05, 3.63) is 46.4 Å². The van der Waals surface area contributed by atoms with E-state index in [4.69, 9.17) is 14.2 Å². The van der Waals surface area contributed by atoms with E-state index in [1.165, 1.54) is 108 Å². The molecule has 1 aliphatic heterocycles. The Hall–Kier alpha value is -1.85. The molecule has 8 nitrogen and oxygen atoms in total. The zero-order chi connectivity index (χ0) is 34.9. The zero-order valence-corrected chi connectivity index (χ0v) is 31.6. The Morgan fingerprint density at radius 1 is 0.854 bits per heavy atom. The summed E-state index contributed by atoms with van der Waals surface area (Å²) in [5.41, 5.74) is 4.39. The Labute approximate surface area is 295 Å². The van der Waals surface area contributed by atoms with Gasteiger partial charge in [0.15, 0.2) is 12.0 Å². The molecule has 0 spiro atoms. The van der Waals surface area contributed by atoms with Crippen LogP contribution in [0.4, 0.5) is 0 Å². The first-order valence-electron chi connectivity index (χ1n) is 18.6. The van der Waals surface area contributed by atoms with Gasteiger partial charge in [-0.25, -0.2) is 8.42 Å². The van der Waals surface area contributed by atoms with Crippen LogP contribution in [0.1, 0.15) is 147 Å². The van der Waals surface area contributed by atoms with Crippen molar-refractivity contribution >= 4 is 27.4 Å². The lowest BCUT2D eigenvalue weighted by molar-refractivity contribution is -0.698. The third kappa shape index (κ3) is 20.6. The highest BCUT2D eigenvalue weighted by molar-refractivity contribution is 7.85. The fraction of sp³-hybridized carbons (Fsp3) is 0.737. The molecule has 0 aliphatic carbocycles. The SMILES string of the molecule is CCCCCCCCCCCCCCCCC[C@@H]1OC[C@@H](COC(=O)CCCCC[n+]2cscc2C)O1.Cc1ccc(S(=O)(=O)[O-])cc1. The Morgan fingerprint density at radius 3 is 1.96 bits per heavy atom. The maximum atomic E-state index is 12.0. The smallest absolute Gasteiger partial charge is 0.305 e. The molecule has 1 aromatic heterocycles. The van der Waals surface area contributed by atoms with Gasteiger partial charge >= 0.3 is 5.97 Å². The van der Waals surface area contributed by atoms with Crippen LogP contribution >= 0.6 is 11.3 Å². The van der Waals surface area contributed by atoms with Crippen LogP contribution in [0.25, 0.3) is 0 Å². The molecule has 2 aromatic rings. The van der Waals surface area contributed by atoms with E-state index < -0.39 is 10.1 Å². The molecule has 2 heterocycles. The van der Waals surface area contributed by atoms with Crippen molar-refractivity contribution in [1.29, 1.82) is 0 Å². The van der Waals surface area contributed by atoms with E-state index in [1.54, 1.807) is 23.5 Å². The zero-order valence-electron chi connectivity index (χ0n) is 30.0. The van der Waals surface area contributed by atoms with Crippen molar-refractivity contribution in [3.63, 3.8) is 0 Å². The fourth-order valence-corrected chi connectivity index (χ4v) is 6.98. The van der Waals surface area contributed by atoms with Gasteiger partial charge in [-0.3, -0.25) is 4.79 Å². The predicted octanol–water partition coefficient (Wildman–Crippen LogP) is 9.35. The van der Waals surface area contributed by atoms with E-state index in [9.17, 15) is 17.8 Å². The molecule has 274 valence electrons. The van der Waals surface area contributed by atoms with Crippen molar-refractivity contribution in [2.75, 3.05) is 13.2 Å². The molecule has 1 aromatic carbocycles. The number of hydrogen-bond acceptors (Lipinski definition) is 8. The highest BCUT2D eigenvalue weighted by Crippen LogP contribution is 2.19. The minimum absolute atomic E-state index is 0.108. The summed E-state index contributed by atoms with van der Waals surface area (Å²) in [6.45, 7) is 8.12. The number of aromatic nitrogens is 1. The number of unbranched alkanes of at least 4 members (excludes halogenated alkanes) is 16. The molecular weight excluding hydrogens is 647 g/mol. The van der Waals surface area contributed by atoms with Crippen molar-refractivity contribution in [3.8, 4) is 0 Å². The second kappa shape index (κ2) is 26.0. The van der Waals surface area contributed by atoms with Crippen LogP contribution in [0.5, 0.6) is 0 Å².